The van der Waals surface area contributed by atoms with Crippen molar-refractivity contribution in [1.29, 1.82) is 0 Å². The third-order valence-electron chi connectivity index (χ3n) is 6.80. The molecule has 5 rings (SSSR count). The first-order chi connectivity index (χ1) is 15.4. The predicted molar refractivity (Wildman–Crippen MR) is 118 cm³/mol. The number of hydrogen-bond donors (Lipinski definition) is 1. The molecule has 1 aromatic carbocycles. The normalized spacial score (nSPS) is 24.8. The Hall–Kier alpha value is -3.29. The van der Waals surface area contributed by atoms with Gasteiger partial charge in [-0.1, -0.05) is 43.3 Å². The summed E-state index contributed by atoms with van der Waals surface area (Å²) >= 11 is 0. The second kappa shape index (κ2) is 7.69. The van der Waals surface area contributed by atoms with Crippen molar-refractivity contribution in [2.45, 2.75) is 45.1 Å². The number of carbonyl (C=O) groups is 2. The minimum atomic E-state index is -0.430. The third-order valence-corrected chi connectivity index (χ3v) is 6.80. The van der Waals surface area contributed by atoms with E-state index in [2.05, 4.69) is 20.4 Å². The molecular formula is C24H27N5O3. The van der Waals surface area contributed by atoms with Crippen LogP contribution in [0.5, 0.6) is 0 Å². The number of carbonyl (C=O) groups excluding carboxylic acids is 2. The van der Waals surface area contributed by atoms with Crippen molar-refractivity contribution < 1.29 is 14.1 Å². The first kappa shape index (κ1) is 20.6. The molecule has 8 nitrogen and oxygen atoms in total. The quantitative estimate of drug-likeness (QED) is 0.679. The van der Waals surface area contributed by atoms with Crippen LogP contribution in [-0.4, -0.2) is 51.0 Å². The minimum absolute atomic E-state index is 0.0516. The molecule has 1 saturated heterocycles. The summed E-state index contributed by atoms with van der Waals surface area (Å²) in [5.74, 6) is 1.18. The van der Waals surface area contributed by atoms with E-state index < -0.39 is 5.41 Å². The van der Waals surface area contributed by atoms with Gasteiger partial charge in [0, 0.05) is 30.4 Å². The summed E-state index contributed by atoms with van der Waals surface area (Å²) in [6.45, 7) is 6.80. The molecule has 0 radical (unpaired) electrons. The van der Waals surface area contributed by atoms with Crippen LogP contribution in [0.3, 0.4) is 0 Å². The van der Waals surface area contributed by atoms with Crippen LogP contribution in [0.15, 0.2) is 40.9 Å². The minimum Gasteiger partial charge on any atom is -0.348 e. The first-order valence-electron chi connectivity index (χ1n) is 11.1. The number of aryl methyl sites for hydroxylation is 1. The lowest BCUT2D eigenvalue weighted by atomic mass is 9.80. The highest BCUT2D eigenvalue weighted by atomic mass is 16.5. The Labute approximate surface area is 186 Å². The Morgan fingerprint density at radius 3 is 2.75 bits per heavy atom. The van der Waals surface area contributed by atoms with Gasteiger partial charge in [-0.3, -0.25) is 9.59 Å². The van der Waals surface area contributed by atoms with Gasteiger partial charge >= 0.3 is 0 Å². The molecule has 3 heterocycles. The summed E-state index contributed by atoms with van der Waals surface area (Å²) in [4.78, 5) is 36.6. The summed E-state index contributed by atoms with van der Waals surface area (Å²) in [6.07, 6.45) is 1.41. The number of pyridine rings is 1. The second-order valence-electron chi connectivity index (χ2n) is 9.37. The van der Waals surface area contributed by atoms with E-state index in [1.807, 2.05) is 49.1 Å². The van der Waals surface area contributed by atoms with Crippen LogP contribution >= 0.6 is 0 Å². The van der Waals surface area contributed by atoms with Gasteiger partial charge in [0.15, 0.2) is 5.82 Å². The molecule has 1 aliphatic heterocycles. The Bertz CT molecular complexity index is 1190. The maximum absolute atomic E-state index is 13.0. The third kappa shape index (κ3) is 3.43. The van der Waals surface area contributed by atoms with Gasteiger partial charge in [-0.05, 0) is 37.8 Å². The zero-order chi connectivity index (χ0) is 22.5. The molecule has 8 heteroatoms. The van der Waals surface area contributed by atoms with Crippen LogP contribution < -0.4 is 5.32 Å². The Kier molecular flexibility index (Phi) is 4.95. The lowest BCUT2D eigenvalue weighted by Crippen LogP contribution is -2.40. The Morgan fingerprint density at radius 2 is 2.00 bits per heavy atom. The zero-order valence-corrected chi connectivity index (χ0v) is 18.5. The van der Waals surface area contributed by atoms with Gasteiger partial charge < -0.3 is 14.7 Å². The number of rotatable bonds is 4. The lowest BCUT2D eigenvalue weighted by molar-refractivity contribution is -0.133. The van der Waals surface area contributed by atoms with Gasteiger partial charge in [0.2, 0.25) is 11.8 Å². The number of benzene rings is 1. The Balaban J connectivity index is 1.37. The van der Waals surface area contributed by atoms with E-state index >= 15 is 0 Å². The van der Waals surface area contributed by atoms with Crippen molar-refractivity contribution >= 4 is 22.7 Å². The van der Waals surface area contributed by atoms with Crippen LogP contribution in [0.4, 0.5) is 0 Å². The average molecular weight is 434 g/mol. The summed E-state index contributed by atoms with van der Waals surface area (Å²) in [6, 6.07) is 11.4. The van der Waals surface area contributed by atoms with Gasteiger partial charge in [0.1, 0.15) is 5.69 Å². The monoisotopic (exact) mass is 433 g/mol. The standard InChI is InChI=1S/C24H27N5O3/c1-14(2)22(31)29-12-17-10-18(11-24(17,13-29)23-25-15(3)28-32-23)26-21(30)20-9-8-16-6-4-5-7-19(16)27-20/h4-9,14,17-18H,10-13H2,1-3H3,(H,26,30)/t17-,18+,24-/m0/s1. The average Bonchev–Trinajstić information content (AvgIpc) is 3.45. The maximum Gasteiger partial charge on any atom is 0.270 e. The highest BCUT2D eigenvalue weighted by molar-refractivity contribution is 5.95. The SMILES string of the molecule is Cc1noc([C@]23C[C@H](NC(=O)c4ccc5ccccc5n4)C[C@H]2CN(C(=O)C(C)C)C3)n1. The van der Waals surface area contributed by atoms with Gasteiger partial charge in [0.05, 0.1) is 10.9 Å². The molecule has 2 aliphatic rings. The number of nitrogens with zero attached hydrogens (tertiary/aromatic N) is 4. The number of amides is 2. The fraction of sp³-hybridized carbons (Fsp3) is 0.458. The van der Waals surface area contributed by atoms with Gasteiger partial charge in [-0.2, -0.15) is 4.98 Å². The largest absolute Gasteiger partial charge is 0.348 e. The number of hydrogen-bond acceptors (Lipinski definition) is 6. The molecule has 1 aliphatic carbocycles. The second-order valence-corrected chi connectivity index (χ2v) is 9.37. The molecule has 0 spiro atoms. The number of aromatic nitrogens is 3. The molecule has 2 aromatic heterocycles. The summed E-state index contributed by atoms with van der Waals surface area (Å²) < 4.78 is 5.60. The van der Waals surface area contributed by atoms with E-state index in [4.69, 9.17) is 4.52 Å². The summed E-state index contributed by atoms with van der Waals surface area (Å²) in [7, 11) is 0. The summed E-state index contributed by atoms with van der Waals surface area (Å²) in [5, 5.41) is 8.16. The van der Waals surface area contributed by atoms with Crippen LogP contribution in [0, 0.1) is 18.8 Å². The van der Waals surface area contributed by atoms with Crippen LogP contribution in [0.25, 0.3) is 10.9 Å². The van der Waals surface area contributed by atoms with Crippen LogP contribution in [0.1, 0.15) is 48.9 Å². The van der Waals surface area contributed by atoms with Crippen molar-refractivity contribution in [2.24, 2.45) is 11.8 Å². The molecule has 0 bridgehead atoms. The fourth-order valence-corrected chi connectivity index (χ4v) is 5.30. The van der Waals surface area contributed by atoms with Gasteiger partial charge in [0.25, 0.3) is 5.91 Å². The molecule has 3 atom stereocenters. The van der Waals surface area contributed by atoms with E-state index in [0.29, 0.717) is 36.9 Å². The highest BCUT2D eigenvalue weighted by Crippen LogP contribution is 2.50. The molecule has 32 heavy (non-hydrogen) atoms. The number of fused-ring (bicyclic) bond motifs is 2. The van der Waals surface area contributed by atoms with Crippen LogP contribution in [0.2, 0.25) is 0 Å². The van der Waals surface area contributed by atoms with E-state index in [-0.39, 0.29) is 29.7 Å². The highest BCUT2D eigenvalue weighted by Gasteiger charge is 2.58. The Morgan fingerprint density at radius 1 is 1.19 bits per heavy atom. The first-order valence-corrected chi connectivity index (χ1v) is 11.1. The van der Waals surface area contributed by atoms with E-state index in [1.165, 1.54) is 0 Å². The van der Waals surface area contributed by atoms with Gasteiger partial charge in [-0.15, -0.1) is 0 Å². The molecule has 166 valence electrons. The molecule has 1 N–H and O–H groups in total. The lowest BCUT2D eigenvalue weighted by Gasteiger charge is -2.26. The fourth-order valence-electron chi connectivity index (χ4n) is 5.30. The number of likely N-dealkylation sites (tertiary alicyclic amines) is 1. The van der Waals surface area contributed by atoms with E-state index in [9.17, 15) is 9.59 Å². The maximum atomic E-state index is 13.0. The van der Waals surface area contributed by atoms with E-state index in [0.717, 1.165) is 17.3 Å². The van der Waals surface area contributed by atoms with E-state index in [1.54, 1.807) is 13.0 Å². The smallest absolute Gasteiger partial charge is 0.270 e. The molecule has 2 amide bonds. The van der Waals surface area contributed by atoms with Crippen LogP contribution in [-0.2, 0) is 10.2 Å². The topological polar surface area (TPSA) is 101 Å². The van der Waals surface area contributed by atoms with Crippen molar-refractivity contribution in [3.8, 4) is 0 Å². The number of nitrogens with one attached hydrogen (secondary N) is 1. The molecule has 2 fully saturated rings. The van der Waals surface area contributed by atoms with Crippen molar-refractivity contribution in [1.82, 2.24) is 25.3 Å². The molecule has 3 aromatic rings. The number of para-hydroxylation sites is 1. The van der Waals surface area contributed by atoms with Crippen molar-refractivity contribution in [2.75, 3.05) is 13.1 Å². The van der Waals surface area contributed by atoms with Crippen molar-refractivity contribution in [3.05, 3.63) is 53.8 Å². The van der Waals surface area contributed by atoms with Crippen molar-refractivity contribution in [3.63, 3.8) is 0 Å². The zero-order valence-electron chi connectivity index (χ0n) is 18.5. The molecular weight excluding hydrogens is 406 g/mol. The molecule has 1 saturated carbocycles. The molecule has 0 unspecified atom stereocenters. The predicted octanol–water partition coefficient (Wildman–Crippen LogP) is 2.87. The summed E-state index contributed by atoms with van der Waals surface area (Å²) in [5.41, 5.74) is 0.768. The van der Waals surface area contributed by atoms with Gasteiger partial charge in [-0.25, -0.2) is 4.98 Å².